The van der Waals surface area contributed by atoms with Crippen LogP contribution >= 0.6 is 0 Å². The van der Waals surface area contributed by atoms with Gasteiger partial charge in [-0.1, -0.05) is 48.5 Å². The summed E-state index contributed by atoms with van der Waals surface area (Å²) in [5, 5.41) is 28.7. The van der Waals surface area contributed by atoms with Gasteiger partial charge in [0.2, 0.25) is 17.7 Å². The fraction of sp³-hybridized carbons (Fsp3) is 0.300. The van der Waals surface area contributed by atoms with Gasteiger partial charge in [0.05, 0.1) is 18.5 Å². The van der Waals surface area contributed by atoms with Crippen molar-refractivity contribution in [2.45, 2.75) is 56.5 Å². The number of hydrogen-bond donors (Lipinski definition) is 8. The summed E-state index contributed by atoms with van der Waals surface area (Å²) in [4.78, 5) is 61.7. The summed E-state index contributed by atoms with van der Waals surface area (Å²) in [5.41, 5.74) is 8.83. The molecule has 13 nitrogen and oxygen atoms in total. The number of rotatable bonds is 14. The molecule has 0 saturated carbocycles. The molecule has 2 heterocycles. The zero-order chi connectivity index (χ0) is 30.9. The maximum atomic E-state index is 13.6. The predicted octanol–water partition coefficient (Wildman–Crippen LogP) is 0.166. The lowest BCUT2D eigenvalue weighted by atomic mass is 10.0. The first-order valence-electron chi connectivity index (χ1n) is 13.8. The molecule has 2 aromatic carbocycles. The number of aliphatic hydroxyl groups excluding tert-OH is 1. The molecule has 4 rings (SSSR count). The number of imidazole rings is 1. The molecule has 226 valence electrons. The third-order valence-corrected chi connectivity index (χ3v) is 7.02. The Morgan fingerprint density at radius 3 is 2.23 bits per heavy atom. The van der Waals surface area contributed by atoms with Crippen molar-refractivity contribution in [1.29, 1.82) is 0 Å². The van der Waals surface area contributed by atoms with E-state index in [2.05, 4.69) is 30.9 Å². The standard InChI is InChI=1S/C30H35N7O6/c1-17(38)26(37-27(39)22(31)13-20-15-32-16-34-20)29(41)35-24(12-19-14-33-23-10-6-5-9-21(19)23)28(40)36-25(30(42)43)11-18-7-3-2-4-8-18/h2-10,14-17,22,24-26,33,38H,11-13,31H2,1H3,(H,32,34)(H,35,41)(H,36,40)(H,37,39)(H,42,43). The van der Waals surface area contributed by atoms with Crippen LogP contribution < -0.4 is 21.7 Å². The number of nitrogens with two attached hydrogens (primary N) is 1. The lowest BCUT2D eigenvalue weighted by molar-refractivity contribution is -0.142. The summed E-state index contributed by atoms with van der Waals surface area (Å²) in [6.45, 7) is 1.32. The Bertz CT molecular complexity index is 1540. The van der Waals surface area contributed by atoms with Gasteiger partial charge in [0.25, 0.3) is 0 Å². The van der Waals surface area contributed by atoms with E-state index >= 15 is 0 Å². The quantitative estimate of drug-likeness (QED) is 0.101. The van der Waals surface area contributed by atoms with E-state index in [1.807, 2.05) is 24.3 Å². The van der Waals surface area contributed by atoms with Crippen LogP contribution in [-0.4, -0.2) is 79.1 Å². The SMILES string of the molecule is CC(O)C(NC(=O)C(N)Cc1cnc[nH]1)C(=O)NC(Cc1c[nH]c2ccccc12)C(=O)NC(Cc1ccccc1)C(=O)O. The second kappa shape index (κ2) is 14.2. The highest BCUT2D eigenvalue weighted by Crippen LogP contribution is 2.19. The summed E-state index contributed by atoms with van der Waals surface area (Å²) < 4.78 is 0. The van der Waals surface area contributed by atoms with E-state index in [1.165, 1.54) is 19.4 Å². The van der Waals surface area contributed by atoms with Crippen molar-refractivity contribution in [2.24, 2.45) is 5.73 Å². The second-order valence-corrected chi connectivity index (χ2v) is 10.3. The number of aromatic amines is 2. The molecule has 3 amide bonds. The molecule has 43 heavy (non-hydrogen) atoms. The number of carboxylic acids is 1. The minimum Gasteiger partial charge on any atom is -0.480 e. The number of fused-ring (bicyclic) bond motifs is 1. The molecule has 0 saturated heterocycles. The van der Waals surface area contributed by atoms with E-state index in [1.54, 1.807) is 36.5 Å². The van der Waals surface area contributed by atoms with Crippen LogP contribution in [-0.2, 0) is 38.4 Å². The van der Waals surface area contributed by atoms with Gasteiger partial charge in [0.1, 0.15) is 18.1 Å². The van der Waals surface area contributed by atoms with Crippen molar-refractivity contribution >= 4 is 34.6 Å². The minimum atomic E-state index is -1.45. The number of nitrogens with one attached hydrogen (secondary N) is 5. The number of nitrogens with zero attached hydrogens (tertiary/aromatic N) is 1. The molecule has 0 radical (unpaired) electrons. The fourth-order valence-electron chi connectivity index (χ4n) is 4.70. The first-order valence-corrected chi connectivity index (χ1v) is 13.8. The van der Waals surface area contributed by atoms with E-state index in [-0.39, 0.29) is 19.3 Å². The van der Waals surface area contributed by atoms with E-state index in [0.29, 0.717) is 16.8 Å². The summed E-state index contributed by atoms with van der Waals surface area (Å²) >= 11 is 0. The van der Waals surface area contributed by atoms with E-state index < -0.39 is 54.0 Å². The summed E-state index contributed by atoms with van der Waals surface area (Å²) in [6, 6.07) is 11.2. The largest absolute Gasteiger partial charge is 0.480 e. The molecule has 13 heteroatoms. The van der Waals surface area contributed by atoms with E-state index in [4.69, 9.17) is 5.73 Å². The van der Waals surface area contributed by atoms with Crippen molar-refractivity contribution in [2.75, 3.05) is 0 Å². The molecule has 0 spiro atoms. The predicted molar refractivity (Wildman–Crippen MR) is 158 cm³/mol. The summed E-state index contributed by atoms with van der Waals surface area (Å²) in [5.74, 6) is -3.52. The number of benzene rings is 2. The highest BCUT2D eigenvalue weighted by atomic mass is 16.4. The van der Waals surface area contributed by atoms with Gasteiger partial charge in [-0.2, -0.15) is 0 Å². The zero-order valence-electron chi connectivity index (χ0n) is 23.5. The molecule has 2 aromatic heterocycles. The van der Waals surface area contributed by atoms with Crippen molar-refractivity contribution in [3.8, 4) is 0 Å². The number of amides is 3. The average Bonchev–Trinajstić information content (AvgIpc) is 3.65. The fourth-order valence-corrected chi connectivity index (χ4v) is 4.70. The average molecular weight is 590 g/mol. The number of para-hydroxylation sites is 1. The van der Waals surface area contributed by atoms with Gasteiger partial charge in [-0.25, -0.2) is 9.78 Å². The van der Waals surface area contributed by atoms with Gasteiger partial charge in [-0.05, 0) is 24.1 Å². The number of aliphatic hydroxyl groups is 1. The van der Waals surface area contributed by atoms with Crippen LogP contribution in [0.15, 0.2) is 73.3 Å². The van der Waals surface area contributed by atoms with Gasteiger partial charge >= 0.3 is 5.97 Å². The number of H-pyrrole nitrogens is 2. The zero-order valence-corrected chi connectivity index (χ0v) is 23.5. The topological polar surface area (TPSA) is 215 Å². The van der Waals surface area contributed by atoms with Crippen LogP contribution in [0.5, 0.6) is 0 Å². The van der Waals surface area contributed by atoms with Crippen LogP contribution in [0.4, 0.5) is 0 Å². The first kappa shape index (κ1) is 30.9. The van der Waals surface area contributed by atoms with Crippen LogP contribution in [0.2, 0.25) is 0 Å². The molecule has 9 N–H and O–H groups in total. The third kappa shape index (κ3) is 8.27. The molecule has 0 aliphatic rings. The summed E-state index contributed by atoms with van der Waals surface area (Å²) in [7, 11) is 0. The van der Waals surface area contributed by atoms with Crippen molar-refractivity contribution < 1.29 is 29.4 Å². The molecule has 0 aliphatic carbocycles. The Kier molecular flexibility index (Phi) is 10.3. The minimum absolute atomic E-state index is 0.000916. The highest BCUT2D eigenvalue weighted by molar-refractivity contribution is 5.95. The van der Waals surface area contributed by atoms with Crippen molar-refractivity contribution in [1.82, 2.24) is 30.9 Å². The first-order chi connectivity index (χ1) is 20.6. The van der Waals surface area contributed by atoms with Gasteiger partial charge in [0, 0.05) is 48.3 Å². The lowest BCUT2D eigenvalue weighted by Gasteiger charge is -2.26. The maximum absolute atomic E-state index is 13.6. The van der Waals surface area contributed by atoms with E-state index in [0.717, 1.165) is 10.9 Å². The van der Waals surface area contributed by atoms with Crippen LogP contribution in [0.3, 0.4) is 0 Å². The number of carbonyl (C=O) groups excluding carboxylic acids is 3. The highest BCUT2D eigenvalue weighted by Gasteiger charge is 2.33. The smallest absolute Gasteiger partial charge is 0.326 e. The Morgan fingerprint density at radius 1 is 0.860 bits per heavy atom. The Morgan fingerprint density at radius 2 is 1.56 bits per heavy atom. The van der Waals surface area contributed by atoms with E-state index in [9.17, 15) is 29.4 Å². The lowest BCUT2D eigenvalue weighted by Crippen LogP contribution is -2.60. The summed E-state index contributed by atoms with van der Waals surface area (Å²) in [6.07, 6.45) is 3.46. The van der Waals surface area contributed by atoms with Gasteiger partial charge in [-0.3, -0.25) is 14.4 Å². The number of aromatic nitrogens is 3. The maximum Gasteiger partial charge on any atom is 0.326 e. The molecular formula is C30H35N7O6. The third-order valence-electron chi connectivity index (χ3n) is 7.02. The molecule has 0 bridgehead atoms. The molecule has 0 aliphatic heterocycles. The monoisotopic (exact) mass is 589 g/mol. The normalized spacial score (nSPS) is 14.7. The number of hydrogen-bond acceptors (Lipinski definition) is 7. The molecule has 0 fully saturated rings. The van der Waals surface area contributed by atoms with Crippen molar-refractivity contribution in [3.63, 3.8) is 0 Å². The molecule has 5 unspecified atom stereocenters. The molecule has 5 atom stereocenters. The van der Waals surface area contributed by atoms with Crippen LogP contribution in [0, 0.1) is 0 Å². The van der Waals surface area contributed by atoms with Crippen LogP contribution in [0.25, 0.3) is 10.9 Å². The second-order valence-electron chi connectivity index (χ2n) is 10.3. The number of carboxylic acid groups (broad SMARTS) is 1. The Hall–Kier alpha value is -5.01. The molecule has 4 aromatic rings. The van der Waals surface area contributed by atoms with Crippen molar-refractivity contribution in [3.05, 3.63) is 90.1 Å². The van der Waals surface area contributed by atoms with Crippen LogP contribution in [0.1, 0.15) is 23.7 Å². The Labute approximate surface area is 247 Å². The van der Waals surface area contributed by atoms with Gasteiger partial charge < -0.3 is 41.9 Å². The van der Waals surface area contributed by atoms with Gasteiger partial charge in [-0.15, -0.1) is 0 Å². The Balaban J connectivity index is 1.53. The number of aliphatic carboxylic acids is 1. The number of carbonyl (C=O) groups is 4. The molecular weight excluding hydrogens is 554 g/mol. The van der Waals surface area contributed by atoms with Gasteiger partial charge in [0.15, 0.2) is 0 Å².